The number of hydrogen-bond acceptors (Lipinski definition) is 9. The maximum absolute atomic E-state index is 11.3. The molecule has 10 nitrogen and oxygen atoms in total. The Kier molecular flexibility index (Phi) is 11.9. The summed E-state index contributed by atoms with van der Waals surface area (Å²) in [6.45, 7) is 5.44. The number of aliphatic imine (C=N–C) groups is 1. The molecule has 0 saturated heterocycles. The highest BCUT2D eigenvalue weighted by molar-refractivity contribution is 8.14. The molecule has 1 aliphatic rings. The van der Waals surface area contributed by atoms with Crippen LogP contribution in [-0.2, 0) is 23.8 Å². The summed E-state index contributed by atoms with van der Waals surface area (Å²) in [5.74, 6) is -0.975. The maximum atomic E-state index is 11.3. The van der Waals surface area contributed by atoms with Crippen molar-refractivity contribution in [3.63, 3.8) is 0 Å². The van der Waals surface area contributed by atoms with Crippen LogP contribution in [0.4, 0.5) is 0 Å². The number of phenolic OH excluding ortho intramolecular Hbond substituents is 1. The molecule has 0 aromatic heterocycles. The van der Waals surface area contributed by atoms with Gasteiger partial charge in [-0.3, -0.25) is 9.79 Å². The highest BCUT2D eigenvalue weighted by Gasteiger charge is 2.38. The third-order valence-electron chi connectivity index (χ3n) is 3.80. The van der Waals surface area contributed by atoms with E-state index < -0.39 is 17.5 Å². The third-order valence-corrected chi connectivity index (χ3v) is 5.09. The van der Waals surface area contributed by atoms with Crippen LogP contribution in [0.25, 0.3) is 0 Å². The Morgan fingerprint density at radius 2 is 1.68 bits per heavy atom. The van der Waals surface area contributed by atoms with Crippen molar-refractivity contribution >= 4 is 28.7 Å². The van der Waals surface area contributed by atoms with E-state index in [9.17, 15) is 15.0 Å². The number of aliphatic carboxylic acids is 2. The van der Waals surface area contributed by atoms with Crippen LogP contribution < -0.4 is 4.74 Å². The monoisotopic (exact) mass is 459 g/mol. The van der Waals surface area contributed by atoms with Crippen molar-refractivity contribution in [2.75, 3.05) is 52.5 Å². The summed E-state index contributed by atoms with van der Waals surface area (Å²) < 4.78 is 21.1. The molecule has 0 unspecified atom stereocenters. The minimum atomic E-state index is -1.16. The topological polar surface area (TPSA) is 144 Å². The Balaban J connectivity index is 0.00000110. The summed E-state index contributed by atoms with van der Waals surface area (Å²) in [5.41, 5.74) is -0.659. The summed E-state index contributed by atoms with van der Waals surface area (Å²) >= 11 is 1.31. The Morgan fingerprint density at radius 1 is 1.10 bits per heavy atom. The smallest absolute Gasteiger partial charge is 0.332 e. The third kappa shape index (κ3) is 10.0. The molecule has 1 heterocycles. The Morgan fingerprint density at radius 3 is 2.19 bits per heavy atom. The van der Waals surface area contributed by atoms with Crippen molar-refractivity contribution in [3.05, 3.63) is 23.8 Å². The molecule has 0 amide bonds. The van der Waals surface area contributed by atoms with Gasteiger partial charge >= 0.3 is 5.97 Å². The molecule has 1 aromatic carbocycles. The molecule has 174 valence electrons. The zero-order valence-corrected chi connectivity index (χ0v) is 18.6. The van der Waals surface area contributed by atoms with Crippen LogP contribution in [0.3, 0.4) is 0 Å². The first-order chi connectivity index (χ1) is 14.7. The summed E-state index contributed by atoms with van der Waals surface area (Å²) in [6.07, 6.45) is 0. The van der Waals surface area contributed by atoms with Crippen LogP contribution in [0.5, 0.6) is 11.5 Å². The van der Waals surface area contributed by atoms with E-state index in [1.807, 2.05) is 0 Å². The molecule has 0 aliphatic carbocycles. The number of ether oxygens (including phenoxy) is 4. The van der Waals surface area contributed by atoms with Crippen LogP contribution in [0.2, 0.25) is 0 Å². The fraction of sp³-hybridized carbons (Fsp3) is 0.550. The lowest BCUT2D eigenvalue weighted by molar-refractivity contribution is -0.141. The number of rotatable bonds is 12. The Hall–Kier alpha value is -2.34. The van der Waals surface area contributed by atoms with E-state index >= 15 is 0 Å². The molecule has 11 heteroatoms. The van der Waals surface area contributed by atoms with Gasteiger partial charge in [0.25, 0.3) is 5.97 Å². The molecule has 1 aliphatic heterocycles. The first-order valence-corrected chi connectivity index (χ1v) is 10.4. The van der Waals surface area contributed by atoms with Crippen molar-refractivity contribution in [3.8, 4) is 11.5 Å². The molecule has 1 atom stereocenters. The second kappa shape index (κ2) is 13.9. The second-order valence-electron chi connectivity index (χ2n) is 6.55. The molecule has 0 saturated carbocycles. The molecular weight excluding hydrogens is 430 g/mol. The van der Waals surface area contributed by atoms with Crippen molar-refractivity contribution in [2.45, 2.75) is 19.4 Å². The molecular formula is C20H29NO9S. The van der Waals surface area contributed by atoms with Crippen molar-refractivity contribution in [1.82, 2.24) is 0 Å². The summed E-state index contributed by atoms with van der Waals surface area (Å²) in [7, 11) is 1.62. The van der Waals surface area contributed by atoms with Gasteiger partial charge in [0.05, 0.1) is 33.0 Å². The summed E-state index contributed by atoms with van der Waals surface area (Å²) in [5, 5.41) is 27.4. The van der Waals surface area contributed by atoms with Gasteiger partial charge in [0, 0.05) is 31.4 Å². The van der Waals surface area contributed by atoms with Gasteiger partial charge in [-0.25, -0.2) is 4.79 Å². The predicted molar refractivity (Wildman–Crippen MR) is 115 cm³/mol. The molecule has 31 heavy (non-hydrogen) atoms. The lowest BCUT2D eigenvalue weighted by Crippen LogP contribution is -2.33. The molecule has 2 rings (SSSR count). The number of carboxylic acid groups (broad SMARTS) is 2. The fourth-order valence-electron chi connectivity index (χ4n) is 2.21. The van der Waals surface area contributed by atoms with E-state index in [-0.39, 0.29) is 5.75 Å². The van der Waals surface area contributed by atoms with Gasteiger partial charge < -0.3 is 34.3 Å². The van der Waals surface area contributed by atoms with Crippen LogP contribution in [-0.4, -0.2) is 90.3 Å². The quantitative estimate of drug-likeness (QED) is 0.396. The van der Waals surface area contributed by atoms with Crippen LogP contribution in [0.15, 0.2) is 23.2 Å². The summed E-state index contributed by atoms with van der Waals surface area (Å²) in [4.78, 5) is 24.5. The zero-order valence-electron chi connectivity index (χ0n) is 17.8. The minimum Gasteiger partial charge on any atom is -0.507 e. The number of hydrogen-bond donors (Lipinski definition) is 3. The normalized spacial score (nSPS) is 17.5. The molecule has 0 bridgehead atoms. The van der Waals surface area contributed by atoms with Gasteiger partial charge in [-0.2, -0.15) is 0 Å². The Bertz CT molecular complexity index is 752. The Labute approximate surface area is 185 Å². The lowest BCUT2D eigenvalue weighted by Gasteiger charge is -2.12. The maximum Gasteiger partial charge on any atom is 0.332 e. The second-order valence-corrected chi connectivity index (χ2v) is 7.51. The van der Waals surface area contributed by atoms with E-state index in [1.165, 1.54) is 17.8 Å². The first-order valence-electron chi connectivity index (χ1n) is 9.46. The lowest BCUT2D eigenvalue weighted by atomic mass is 10.1. The van der Waals surface area contributed by atoms with Gasteiger partial charge in [0.2, 0.25) is 0 Å². The highest BCUT2D eigenvalue weighted by Crippen LogP contribution is 2.35. The minimum absolute atomic E-state index is 0.000787. The van der Waals surface area contributed by atoms with Crippen molar-refractivity contribution in [2.24, 2.45) is 4.99 Å². The zero-order chi connectivity index (χ0) is 23.3. The van der Waals surface area contributed by atoms with E-state index in [0.717, 1.165) is 6.92 Å². The molecule has 1 aromatic rings. The van der Waals surface area contributed by atoms with Crippen LogP contribution in [0, 0.1) is 0 Å². The molecule has 0 spiro atoms. The average molecular weight is 460 g/mol. The van der Waals surface area contributed by atoms with Crippen LogP contribution >= 0.6 is 11.8 Å². The number of carbonyl (C=O) groups is 2. The van der Waals surface area contributed by atoms with E-state index in [4.69, 9.17) is 28.8 Å². The highest BCUT2D eigenvalue weighted by atomic mass is 32.2. The van der Waals surface area contributed by atoms with Gasteiger partial charge in [0.1, 0.15) is 23.1 Å². The first kappa shape index (κ1) is 26.7. The number of phenols is 1. The molecule has 0 fully saturated rings. The van der Waals surface area contributed by atoms with Crippen molar-refractivity contribution < 1.29 is 43.9 Å². The van der Waals surface area contributed by atoms with E-state index in [1.54, 1.807) is 26.2 Å². The number of carboxylic acids is 2. The number of methoxy groups -OCH3 is 1. The number of aromatic hydroxyl groups is 1. The van der Waals surface area contributed by atoms with E-state index in [2.05, 4.69) is 4.99 Å². The largest absolute Gasteiger partial charge is 0.507 e. The van der Waals surface area contributed by atoms with Gasteiger partial charge in [-0.15, -0.1) is 11.8 Å². The van der Waals surface area contributed by atoms with Gasteiger partial charge in [0.15, 0.2) is 5.54 Å². The number of thioether (sulfide) groups is 1. The van der Waals surface area contributed by atoms with E-state index in [0.29, 0.717) is 61.8 Å². The summed E-state index contributed by atoms with van der Waals surface area (Å²) in [6, 6.07) is 4.87. The molecule has 3 N–H and O–H groups in total. The van der Waals surface area contributed by atoms with Gasteiger partial charge in [-0.05, 0) is 19.1 Å². The fourth-order valence-corrected chi connectivity index (χ4v) is 3.41. The average Bonchev–Trinajstić information content (AvgIpc) is 3.10. The number of nitrogens with zero attached hydrogens (tertiary/aromatic N) is 1. The molecule has 0 radical (unpaired) electrons. The SMILES string of the molecule is CC(=O)O.COCCOCCOCCOc1ccc(C2=N[C@@](C)(C(=O)O)CS2)c(O)c1. The number of benzene rings is 1. The van der Waals surface area contributed by atoms with Gasteiger partial charge in [-0.1, -0.05) is 0 Å². The van der Waals surface area contributed by atoms with Crippen molar-refractivity contribution in [1.29, 1.82) is 0 Å². The van der Waals surface area contributed by atoms with Crippen LogP contribution in [0.1, 0.15) is 19.4 Å². The standard InChI is InChI=1S/C18H25NO7S.C2H4O2/c1-18(17(21)22)12-27-16(19-18)14-4-3-13(11-15(14)20)26-10-9-25-8-7-24-6-5-23-2;1-2(3)4/h3-4,11,20H,5-10,12H2,1-2H3,(H,21,22);1H3,(H,3,4)/t18-;/m1./s1. The predicted octanol–water partition coefficient (Wildman–Crippen LogP) is 1.88.